The van der Waals surface area contributed by atoms with Crippen molar-refractivity contribution in [3.05, 3.63) is 110 Å². The molecule has 39 heavy (non-hydrogen) atoms. The van der Waals surface area contributed by atoms with E-state index in [4.69, 9.17) is 0 Å². The van der Waals surface area contributed by atoms with Crippen LogP contribution in [0.1, 0.15) is 0 Å². The Hall–Kier alpha value is -5.36. The van der Waals surface area contributed by atoms with Crippen LogP contribution in [-0.2, 0) is 0 Å². The topological polar surface area (TPSA) is 60.4 Å². The number of benzene rings is 4. The summed E-state index contributed by atoms with van der Waals surface area (Å²) in [6.45, 7) is 3.66. The summed E-state index contributed by atoms with van der Waals surface area (Å²) in [6.07, 6.45) is 8.82. The molecular weight excluding hydrogens is 480 g/mol. The lowest BCUT2D eigenvalue weighted by molar-refractivity contribution is 1.07. The third-order valence-electron chi connectivity index (χ3n) is 7.23. The van der Waals surface area contributed by atoms with Crippen molar-refractivity contribution in [2.75, 3.05) is 7.05 Å². The Kier molecular flexibility index (Phi) is 5.37. The van der Waals surface area contributed by atoms with Crippen LogP contribution in [0.5, 0.6) is 0 Å². The smallest absolute Gasteiger partial charge is 0.115 e. The predicted octanol–water partition coefficient (Wildman–Crippen LogP) is 7.55. The van der Waals surface area contributed by atoms with Gasteiger partial charge in [0.05, 0.1) is 52.0 Å². The van der Waals surface area contributed by atoms with Crippen LogP contribution in [0.15, 0.2) is 120 Å². The summed E-state index contributed by atoms with van der Waals surface area (Å²) < 4.78 is 4.41. The molecule has 6 nitrogen and oxygen atoms in total. The van der Waals surface area contributed by atoms with Crippen molar-refractivity contribution < 1.29 is 0 Å². The van der Waals surface area contributed by atoms with E-state index in [9.17, 15) is 0 Å². The maximum absolute atomic E-state index is 4.26. The fraction of sp³-hybridized carbons (Fsp3) is 0.0303. The van der Waals surface area contributed by atoms with Gasteiger partial charge in [-0.2, -0.15) is 0 Å². The van der Waals surface area contributed by atoms with Gasteiger partial charge < -0.3 is 9.13 Å². The van der Waals surface area contributed by atoms with E-state index < -0.39 is 0 Å². The lowest BCUT2D eigenvalue weighted by Crippen LogP contribution is -1.98. The molecule has 0 atom stereocenters. The quantitative estimate of drug-likeness (QED) is 0.227. The highest BCUT2D eigenvalue weighted by atomic mass is 15.0. The van der Waals surface area contributed by atoms with Crippen molar-refractivity contribution >= 4 is 62.2 Å². The molecule has 0 fully saturated rings. The van der Waals surface area contributed by atoms with Gasteiger partial charge in [0.1, 0.15) is 6.33 Å². The molecule has 7 aromatic rings. The highest BCUT2D eigenvalue weighted by Crippen LogP contribution is 2.37. The summed E-state index contributed by atoms with van der Waals surface area (Å²) in [5.74, 6) is 0. The highest BCUT2D eigenvalue weighted by molar-refractivity contribution is 6.16. The van der Waals surface area contributed by atoms with E-state index in [2.05, 4.69) is 121 Å². The van der Waals surface area contributed by atoms with E-state index >= 15 is 0 Å². The fourth-order valence-corrected chi connectivity index (χ4v) is 5.64. The average molecular weight is 505 g/mol. The van der Waals surface area contributed by atoms with Crippen molar-refractivity contribution in [1.82, 2.24) is 19.1 Å². The molecular formula is C33H24N6. The Morgan fingerprint density at radius 3 is 1.97 bits per heavy atom. The third kappa shape index (κ3) is 3.57. The highest BCUT2D eigenvalue weighted by Gasteiger charge is 2.16. The van der Waals surface area contributed by atoms with Gasteiger partial charge in [0.2, 0.25) is 0 Å². The van der Waals surface area contributed by atoms with Gasteiger partial charge in [-0.3, -0.25) is 9.98 Å². The average Bonchev–Trinajstić information content (AvgIpc) is 3.50. The van der Waals surface area contributed by atoms with Gasteiger partial charge in [-0.1, -0.05) is 48.5 Å². The van der Waals surface area contributed by atoms with Crippen molar-refractivity contribution in [3.8, 4) is 16.8 Å². The second-order valence-corrected chi connectivity index (χ2v) is 9.39. The zero-order valence-corrected chi connectivity index (χ0v) is 21.4. The van der Waals surface area contributed by atoms with Crippen LogP contribution >= 0.6 is 0 Å². The Labute approximate surface area is 224 Å². The number of rotatable bonds is 5. The first-order valence-electron chi connectivity index (χ1n) is 12.7. The molecule has 6 heteroatoms. The van der Waals surface area contributed by atoms with Gasteiger partial charge in [-0.05, 0) is 54.2 Å². The van der Waals surface area contributed by atoms with Gasteiger partial charge in [-0.15, -0.1) is 0 Å². The van der Waals surface area contributed by atoms with E-state index in [-0.39, 0.29) is 0 Å². The monoisotopic (exact) mass is 504 g/mol. The minimum Gasteiger partial charge on any atom is -0.306 e. The lowest BCUT2D eigenvalue weighted by Gasteiger charge is -2.09. The van der Waals surface area contributed by atoms with Crippen LogP contribution in [0.25, 0.3) is 66.1 Å². The largest absolute Gasteiger partial charge is 0.306 e. The fourth-order valence-electron chi connectivity index (χ4n) is 5.64. The summed E-state index contributed by atoms with van der Waals surface area (Å²) >= 11 is 0. The number of hydrogen-bond donors (Lipinski definition) is 0. The maximum atomic E-state index is 4.26. The molecule has 186 valence electrons. The van der Waals surface area contributed by atoms with Gasteiger partial charge in [-0.25, -0.2) is 9.97 Å². The number of nitrogens with zero attached hydrogens (tertiary/aromatic N) is 6. The first-order chi connectivity index (χ1) is 19.3. The summed E-state index contributed by atoms with van der Waals surface area (Å²) in [7, 11) is 1.76. The first kappa shape index (κ1) is 22.8. The molecule has 0 aliphatic rings. The second kappa shape index (κ2) is 9.19. The molecule has 7 rings (SSSR count). The normalized spacial score (nSPS) is 12.4. The van der Waals surface area contributed by atoms with Crippen molar-refractivity contribution in [3.63, 3.8) is 0 Å². The second-order valence-electron chi connectivity index (χ2n) is 9.39. The van der Waals surface area contributed by atoms with E-state index in [0.29, 0.717) is 0 Å². The summed E-state index contributed by atoms with van der Waals surface area (Å²) in [5.41, 5.74) is 8.57. The van der Waals surface area contributed by atoms with E-state index in [0.717, 1.165) is 44.6 Å². The van der Waals surface area contributed by atoms with Crippen molar-refractivity contribution in [2.45, 2.75) is 0 Å². The zero-order valence-electron chi connectivity index (χ0n) is 21.4. The zero-order chi connectivity index (χ0) is 26.3. The Balaban J connectivity index is 1.46. The molecule has 3 aromatic heterocycles. The number of hydrogen-bond acceptors (Lipinski definition) is 4. The molecule has 0 aliphatic heterocycles. The number of allylic oxidation sites excluding steroid dienone is 1. The number of aromatic nitrogens is 4. The molecule has 0 amide bonds. The van der Waals surface area contributed by atoms with Crippen LogP contribution in [0.2, 0.25) is 0 Å². The summed E-state index contributed by atoms with van der Waals surface area (Å²) in [5, 5.41) is 4.74. The summed E-state index contributed by atoms with van der Waals surface area (Å²) in [6, 6.07) is 30.2. The lowest BCUT2D eigenvalue weighted by atomic mass is 10.0. The standard InChI is InChI=1S/C33H24N6/c1-34-17-24(18-35-2)38-30-9-5-3-7-26(30)28-15-22(11-13-32(28)38)23-12-14-33-29(16-23)27-8-4-6-10-31(27)39(33)25-19-36-21-37-20-25/h3-21H,1H2,2H3/b24-17+,35-18?. The molecule has 0 saturated carbocycles. The Bertz CT molecular complexity index is 2090. The number of fused-ring (bicyclic) bond motifs is 6. The van der Waals surface area contributed by atoms with Gasteiger partial charge in [0, 0.05) is 34.8 Å². The molecule has 3 heterocycles. The SMILES string of the molecule is C=N/C=C(\C=NC)n1c2ccccc2c2cc(-c3ccc4c(c3)c3ccccc3n4-c3cncnc3)ccc21. The Morgan fingerprint density at radius 2 is 1.28 bits per heavy atom. The number of aliphatic imine (C=N–C) groups is 2. The Morgan fingerprint density at radius 1 is 0.718 bits per heavy atom. The molecule has 0 unspecified atom stereocenters. The van der Waals surface area contributed by atoms with E-state index in [1.54, 1.807) is 19.6 Å². The molecule has 0 bridgehead atoms. The van der Waals surface area contributed by atoms with Crippen LogP contribution < -0.4 is 0 Å². The van der Waals surface area contributed by atoms with Crippen LogP contribution in [0.4, 0.5) is 0 Å². The van der Waals surface area contributed by atoms with Gasteiger partial charge >= 0.3 is 0 Å². The van der Waals surface area contributed by atoms with Gasteiger partial charge in [0.25, 0.3) is 0 Å². The molecule has 4 aromatic carbocycles. The molecule has 0 N–H and O–H groups in total. The molecule has 0 saturated heterocycles. The minimum absolute atomic E-state index is 0.866. The van der Waals surface area contributed by atoms with Crippen molar-refractivity contribution in [2.24, 2.45) is 9.98 Å². The summed E-state index contributed by atoms with van der Waals surface area (Å²) in [4.78, 5) is 16.8. The number of para-hydroxylation sites is 2. The third-order valence-corrected chi connectivity index (χ3v) is 7.23. The van der Waals surface area contributed by atoms with Crippen LogP contribution in [-0.4, -0.2) is 39.1 Å². The predicted molar refractivity (Wildman–Crippen MR) is 163 cm³/mol. The first-order valence-corrected chi connectivity index (χ1v) is 12.7. The minimum atomic E-state index is 0.866. The van der Waals surface area contributed by atoms with E-state index in [1.165, 1.54) is 21.5 Å². The van der Waals surface area contributed by atoms with Gasteiger partial charge in [0.15, 0.2) is 0 Å². The van der Waals surface area contributed by atoms with E-state index in [1.807, 2.05) is 18.6 Å². The molecule has 0 radical (unpaired) electrons. The molecule has 0 aliphatic carbocycles. The van der Waals surface area contributed by atoms with Crippen LogP contribution in [0, 0.1) is 0 Å². The van der Waals surface area contributed by atoms with Crippen molar-refractivity contribution in [1.29, 1.82) is 0 Å². The molecule has 0 spiro atoms. The maximum Gasteiger partial charge on any atom is 0.115 e. The van der Waals surface area contributed by atoms with Crippen LogP contribution in [0.3, 0.4) is 0 Å².